The van der Waals surface area contributed by atoms with Gasteiger partial charge in [-0.15, -0.1) is 11.3 Å². The predicted molar refractivity (Wildman–Crippen MR) is 94.5 cm³/mol. The first-order valence-corrected chi connectivity index (χ1v) is 8.28. The minimum Gasteiger partial charge on any atom is -0.507 e. The number of rotatable bonds is 4. The molecule has 0 saturated heterocycles. The molecule has 23 heavy (non-hydrogen) atoms. The summed E-state index contributed by atoms with van der Waals surface area (Å²) in [5.41, 5.74) is 4.99. The highest BCUT2D eigenvalue weighted by Gasteiger charge is 2.04. The standard InChI is InChI=1S/C16H11BrFN3OS/c17-12-3-6-15(22)11(7-12)8-19-21-16-20-14(9-23-16)10-1-4-13(18)5-2-10/h1-9,22H,(H,20,21)/b19-8-. The first-order chi connectivity index (χ1) is 11.1. The van der Waals surface area contributed by atoms with E-state index < -0.39 is 0 Å². The number of hydrazone groups is 1. The number of hydrogen-bond acceptors (Lipinski definition) is 5. The van der Waals surface area contributed by atoms with E-state index in [2.05, 4.69) is 31.4 Å². The first kappa shape index (κ1) is 15.6. The number of hydrogen-bond donors (Lipinski definition) is 2. The maximum atomic E-state index is 12.9. The molecule has 0 aliphatic carbocycles. The Bertz CT molecular complexity index is 849. The third-order valence-corrected chi connectivity index (χ3v) is 4.24. The van der Waals surface area contributed by atoms with Crippen molar-refractivity contribution < 1.29 is 9.50 Å². The fourth-order valence-electron chi connectivity index (χ4n) is 1.86. The molecule has 1 heterocycles. The Kier molecular flexibility index (Phi) is 4.68. The van der Waals surface area contributed by atoms with Crippen LogP contribution in [0.2, 0.25) is 0 Å². The van der Waals surface area contributed by atoms with Crippen LogP contribution in [0.3, 0.4) is 0 Å². The zero-order valence-corrected chi connectivity index (χ0v) is 14.1. The summed E-state index contributed by atoms with van der Waals surface area (Å²) in [6.07, 6.45) is 1.51. The number of aromatic nitrogens is 1. The lowest BCUT2D eigenvalue weighted by Gasteiger charge is -1.99. The summed E-state index contributed by atoms with van der Waals surface area (Å²) < 4.78 is 13.8. The van der Waals surface area contributed by atoms with Crippen LogP contribution in [0.4, 0.5) is 9.52 Å². The summed E-state index contributed by atoms with van der Waals surface area (Å²) in [7, 11) is 0. The van der Waals surface area contributed by atoms with Gasteiger partial charge in [-0.1, -0.05) is 15.9 Å². The number of benzene rings is 2. The van der Waals surface area contributed by atoms with Crippen molar-refractivity contribution in [1.29, 1.82) is 0 Å². The largest absolute Gasteiger partial charge is 0.507 e. The van der Waals surface area contributed by atoms with E-state index in [1.54, 1.807) is 30.3 Å². The number of anilines is 1. The number of nitrogens with zero attached hydrogens (tertiary/aromatic N) is 2. The van der Waals surface area contributed by atoms with Crippen LogP contribution >= 0.6 is 27.3 Å². The fraction of sp³-hybridized carbons (Fsp3) is 0. The van der Waals surface area contributed by atoms with Gasteiger partial charge in [0, 0.05) is 21.0 Å². The van der Waals surface area contributed by atoms with Crippen LogP contribution in [0, 0.1) is 5.82 Å². The average Bonchev–Trinajstić information content (AvgIpc) is 3.00. The monoisotopic (exact) mass is 391 g/mol. The van der Waals surface area contributed by atoms with Crippen LogP contribution in [0.5, 0.6) is 5.75 Å². The van der Waals surface area contributed by atoms with Crippen molar-refractivity contribution in [3.8, 4) is 17.0 Å². The molecule has 0 radical (unpaired) electrons. The van der Waals surface area contributed by atoms with Gasteiger partial charge in [-0.25, -0.2) is 9.37 Å². The summed E-state index contributed by atoms with van der Waals surface area (Å²) in [6.45, 7) is 0. The highest BCUT2D eigenvalue weighted by Crippen LogP contribution is 2.25. The lowest BCUT2D eigenvalue weighted by atomic mass is 10.2. The van der Waals surface area contributed by atoms with Crippen molar-refractivity contribution in [3.05, 3.63) is 63.7 Å². The van der Waals surface area contributed by atoms with Crippen molar-refractivity contribution in [1.82, 2.24) is 4.98 Å². The van der Waals surface area contributed by atoms with E-state index in [1.165, 1.54) is 29.7 Å². The van der Waals surface area contributed by atoms with Gasteiger partial charge in [0.2, 0.25) is 5.13 Å². The summed E-state index contributed by atoms with van der Waals surface area (Å²) in [6, 6.07) is 11.2. The first-order valence-electron chi connectivity index (χ1n) is 6.61. The molecule has 116 valence electrons. The molecule has 0 aliphatic rings. The van der Waals surface area contributed by atoms with Crippen LogP contribution in [0.15, 0.2) is 57.4 Å². The molecular weight excluding hydrogens is 381 g/mol. The molecule has 0 amide bonds. The highest BCUT2D eigenvalue weighted by atomic mass is 79.9. The molecule has 0 fully saturated rings. The zero-order chi connectivity index (χ0) is 16.2. The Labute approximate surface area is 144 Å². The quantitative estimate of drug-likeness (QED) is 0.492. The number of aromatic hydroxyl groups is 1. The minimum atomic E-state index is -0.277. The van der Waals surface area contributed by atoms with E-state index in [9.17, 15) is 9.50 Å². The van der Waals surface area contributed by atoms with E-state index in [1.807, 2.05) is 5.38 Å². The number of thiazole rings is 1. The summed E-state index contributed by atoms with van der Waals surface area (Å²) in [5, 5.41) is 16.3. The summed E-state index contributed by atoms with van der Waals surface area (Å²) in [4.78, 5) is 4.38. The molecule has 3 aromatic rings. The van der Waals surface area contributed by atoms with Gasteiger partial charge >= 0.3 is 0 Å². The van der Waals surface area contributed by atoms with Gasteiger partial charge in [0.1, 0.15) is 11.6 Å². The molecule has 3 rings (SSSR count). The molecule has 0 saturated carbocycles. The molecule has 1 aromatic heterocycles. The highest BCUT2D eigenvalue weighted by molar-refractivity contribution is 9.10. The van der Waals surface area contributed by atoms with Gasteiger partial charge in [0.05, 0.1) is 11.9 Å². The summed E-state index contributed by atoms with van der Waals surface area (Å²) >= 11 is 4.73. The maximum absolute atomic E-state index is 12.9. The van der Waals surface area contributed by atoms with Crippen LogP contribution in [-0.4, -0.2) is 16.3 Å². The van der Waals surface area contributed by atoms with Crippen LogP contribution in [-0.2, 0) is 0 Å². The second-order valence-corrected chi connectivity index (χ2v) is 6.39. The Balaban J connectivity index is 1.71. The second kappa shape index (κ2) is 6.89. The maximum Gasteiger partial charge on any atom is 0.203 e. The predicted octanol–water partition coefficient (Wildman–Crippen LogP) is 4.86. The van der Waals surface area contributed by atoms with Gasteiger partial charge in [-0.05, 0) is 42.5 Å². The molecule has 2 N–H and O–H groups in total. The number of phenolic OH excluding ortho intramolecular Hbond substituents is 1. The molecule has 0 aliphatic heterocycles. The van der Waals surface area contributed by atoms with Crippen molar-refractivity contribution >= 4 is 38.6 Å². The Morgan fingerprint density at radius 2 is 2.00 bits per heavy atom. The average molecular weight is 392 g/mol. The second-order valence-electron chi connectivity index (χ2n) is 4.62. The van der Waals surface area contributed by atoms with E-state index >= 15 is 0 Å². The topological polar surface area (TPSA) is 57.5 Å². The number of phenols is 1. The molecular formula is C16H11BrFN3OS. The van der Waals surface area contributed by atoms with Gasteiger partial charge in [0.25, 0.3) is 0 Å². The SMILES string of the molecule is Oc1ccc(Br)cc1/C=N\Nc1nc(-c2ccc(F)cc2)cs1. The van der Waals surface area contributed by atoms with E-state index in [0.29, 0.717) is 10.7 Å². The van der Waals surface area contributed by atoms with Gasteiger partial charge < -0.3 is 5.11 Å². The van der Waals surface area contributed by atoms with E-state index in [0.717, 1.165) is 15.7 Å². The Morgan fingerprint density at radius 3 is 2.78 bits per heavy atom. The van der Waals surface area contributed by atoms with E-state index in [4.69, 9.17) is 0 Å². The Hall–Kier alpha value is -2.25. The van der Waals surface area contributed by atoms with Gasteiger partial charge in [-0.3, -0.25) is 5.43 Å². The number of halogens is 2. The molecule has 0 bridgehead atoms. The lowest BCUT2D eigenvalue weighted by Crippen LogP contribution is -1.91. The molecule has 2 aromatic carbocycles. The lowest BCUT2D eigenvalue weighted by molar-refractivity contribution is 0.474. The van der Waals surface area contributed by atoms with Crippen LogP contribution in [0.1, 0.15) is 5.56 Å². The zero-order valence-electron chi connectivity index (χ0n) is 11.7. The van der Waals surface area contributed by atoms with Crippen LogP contribution < -0.4 is 5.43 Å². The van der Waals surface area contributed by atoms with Gasteiger partial charge in [-0.2, -0.15) is 5.10 Å². The van der Waals surface area contributed by atoms with Crippen molar-refractivity contribution in [2.45, 2.75) is 0 Å². The normalized spacial score (nSPS) is 11.0. The van der Waals surface area contributed by atoms with Crippen molar-refractivity contribution in [3.63, 3.8) is 0 Å². The van der Waals surface area contributed by atoms with Crippen molar-refractivity contribution in [2.75, 3.05) is 5.43 Å². The number of nitrogens with one attached hydrogen (secondary N) is 1. The van der Waals surface area contributed by atoms with Crippen molar-refractivity contribution in [2.24, 2.45) is 5.10 Å². The fourth-order valence-corrected chi connectivity index (χ4v) is 2.91. The third-order valence-electron chi connectivity index (χ3n) is 3.00. The molecule has 0 atom stereocenters. The minimum absolute atomic E-state index is 0.143. The van der Waals surface area contributed by atoms with E-state index in [-0.39, 0.29) is 11.6 Å². The molecule has 0 spiro atoms. The van der Waals surface area contributed by atoms with Gasteiger partial charge in [0.15, 0.2) is 0 Å². The summed E-state index contributed by atoms with van der Waals surface area (Å²) in [5.74, 6) is -0.134. The molecule has 0 unspecified atom stereocenters. The van der Waals surface area contributed by atoms with Crippen LogP contribution in [0.25, 0.3) is 11.3 Å². The molecule has 4 nitrogen and oxygen atoms in total. The smallest absolute Gasteiger partial charge is 0.203 e. The third kappa shape index (κ3) is 3.94. The Morgan fingerprint density at radius 1 is 1.22 bits per heavy atom. The molecule has 7 heteroatoms.